The van der Waals surface area contributed by atoms with Gasteiger partial charge in [0.1, 0.15) is 11.5 Å². The molecular formula is C22H25N3O4. The number of methoxy groups -OCH3 is 2. The van der Waals surface area contributed by atoms with Crippen LogP contribution in [0.1, 0.15) is 48.5 Å². The Bertz CT molecular complexity index is 1070. The first-order chi connectivity index (χ1) is 14.1. The van der Waals surface area contributed by atoms with Crippen LogP contribution in [0.3, 0.4) is 0 Å². The van der Waals surface area contributed by atoms with E-state index in [0.29, 0.717) is 28.3 Å². The maximum absolute atomic E-state index is 12.8. The number of nitrogens with one attached hydrogen (secondary N) is 2. The molecular weight excluding hydrogens is 370 g/mol. The number of carbonyl (C=O) groups is 1. The summed E-state index contributed by atoms with van der Waals surface area (Å²) in [5, 5.41) is 2.86. The van der Waals surface area contributed by atoms with Gasteiger partial charge in [-0.25, -0.2) is 4.79 Å². The molecule has 1 heterocycles. The summed E-state index contributed by atoms with van der Waals surface area (Å²) in [5.74, 6) is 0.904. The molecule has 0 saturated heterocycles. The fourth-order valence-electron chi connectivity index (χ4n) is 4.06. The van der Waals surface area contributed by atoms with Crippen LogP contribution in [0.2, 0.25) is 0 Å². The SMILES string of the molecule is COc1cc(NC(=O)c2ccc3c(c2)[nH]c(=O)n3C2CCCCC2)cc(OC)c1. The van der Waals surface area contributed by atoms with E-state index in [1.165, 1.54) is 6.42 Å². The minimum atomic E-state index is -0.270. The standard InChI is InChI=1S/C22H25N3O4/c1-28-17-11-15(12-18(13-17)29-2)23-21(26)14-8-9-20-19(10-14)24-22(27)25(20)16-6-4-3-5-7-16/h8-13,16H,3-7H2,1-2H3,(H,23,26)(H,24,27). The van der Waals surface area contributed by atoms with E-state index in [1.54, 1.807) is 44.6 Å². The van der Waals surface area contributed by atoms with Crippen LogP contribution in [0.4, 0.5) is 5.69 Å². The molecule has 1 fully saturated rings. The van der Waals surface area contributed by atoms with Gasteiger partial charge in [0.2, 0.25) is 0 Å². The molecule has 0 atom stereocenters. The highest BCUT2D eigenvalue weighted by molar-refractivity contribution is 6.06. The molecule has 1 aliphatic rings. The lowest BCUT2D eigenvalue weighted by atomic mass is 9.95. The summed E-state index contributed by atoms with van der Waals surface area (Å²) in [6.45, 7) is 0. The van der Waals surface area contributed by atoms with Crippen LogP contribution in [0, 0.1) is 0 Å². The van der Waals surface area contributed by atoms with Crippen molar-refractivity contribution in [2.45, 2.75) is 38.1 Å². The lowest BCUT2D eigenvalue weighted by Gasteiger charge is -2.22. The molecule has 1 aliphatic carbocycles. The van der Waals surface area contributed by atoms with Gasteiger partial charge in [-0.05, 0) is 31.0 Å². The van der Waals surface area contributed by atoms with Crippen LogP contribution >= 0.6 is 0 Å². The number of carbonyl (C=O) groups excluding carboxylic acids is 1. The molecule has 2 aromatic carbocycles. The number of fused-ring (bicyclic) bond motifs is 1. The van der Waals surface area contributed by atoms with Gasteiger partial charge in [0.15, 0.2) is 0 Å². The molecule has 7 heteroatoms. The number of benzene rings is 2. The van der Waals surface area contributed by atoms with E-state index >= 15 is 0 Å². The first-order valence-corrected chi connectivity index (χ1v) is 9.87. The van der Waals surface area contributed by atoms with Crippen LogP contribution in [-0.2, 0) is 0 Å². The van der Waals surface area contributed by atoms with Crippen LogP contribution in [-0.4, -0.2) is 29.7 Å². The van der Waals surface area contributed by atoms with Crippen molar-refractivity contribution in [3.05, 3.63) is 52.4 Å². The molecule has 0 bridgehead atoms. The quantitative estimate of drug-likeness (QED) is 0.681. The van der Waals surface area contributed by atoms with Crippen molar-refractivity contribution in [1.82, 2.24) is 9.55 Å². The molecule has 2 N–H and O–H groups in total. The summed E-state index contributed by atoms with van der Waals surface area (Å²) in [6, 6.07) is 10.7. The third kappa shape index (κ3) is 3.85. The van der Waals surface area contributed by atoms with Crippen molar-refractivity contribution in [2.24, 2.45) is 0 Å². The van der Waals surface area contributed by atoms with E-state index in [1.807, 2.05) is 10.6 Å². The molecule has 152 valence electrons. The lowest BCUT2D eigenvalue weighted by molar-refractivity contribution is 0.102. The van der Waals surface area contributed by atoms with Crippen molar-refractivity contribution in [3.63, 3.8) is 0 Å². The Balaban J connectivity index is 1.61. The summed E-state index contributed by atoms with van der Waals surface area (Å²) in [6.07, 6.45) is 5.56. The van der Waals surface area contributed by atoms with Gasteiger partial charge < -0.3 is 19.8 Å². The first-order valence-electron chi connectivity index (χ1n) is 9.87. The van der Waals surface area contributed by atoms with Gasteiger partial charge in [-0.1, -0.05) is 19.3 Å². The highest BCUT2D eigenvalue weighted by Crippen LogP contribution is 2.30. The average Bonchev–Trinajstić information content (AvgIpc) is 3.08. The summed E-state index contributed by atoms with van der Waals surface area (Å²) in [7, 11) is 3.11. The van der Waals surface area contributed by atoms with Gasteiger partial charge in [0.05, 0.1) is 25.3 Å². The first kappa shape index (κ1) is 19.1. The van der Waals surface area contributed by atoms with Gasteiger partial charge in [-0.2, -0.15) is 0 Å². The second-order valence-corrected chi connectivity index (χ2v) is 7.38. The number of ether oxygens (including phenoxy) is 2. The average molecular weight is 395 g/mol. The smallest absolute Gasteiger partial charge is 0.326 e. The fourth-order valence-corrected chi connectivity index (χ4v) is 4.06. The predicted octanol–water partition coefficient (Wildman–Crippen LogP) is 4.10. The van der Waals surface area contributed by atoms with E-state index in [2.05, 4.69) is 10.3 Å². The Morgan fingerprint density at radius 3 is 2.38 bits per heavy atom. The van der Waals surface area contributed by atoms with Crippen molar-refractivity contribution in [1.29, 1.82) is 0 Å². The van der Waals surface area contributed by atoms with Gasteiger partial charge in [0.25, 0.3) is 5.91 Å². The highest BCUT2D eigenvalue weighted by atomic mass is 16.5. The Kier molecular flexibility index (Phi) is 5.29. The predicted molar refractivity (Wildman–Crippen MR) is 112 cm³/mol. The number of rotatable bonds is 5. The molecule has 0 unspecified atom stereocenters. The number of hydrogen-bond acceptors (Lipinski definition) is 4. The number of amides is 1. The lowest BCUT2D eigenvalue weighted by Crippen LogP contribution is -2.23. The molecule has 1 saturated carbocycles. The van der Waals surface area contributed by atoms with E-state index in [-0.39, 0.29) is 17.6 Å². The number of H-pyrrole nitrogens is 1. The van der Waals surface area contributed by atoms with Crippen molar-refractivity contribution >= 4 is 22.6 Å². The summed E-state index contributed by atoms with van der Waals surface area (Å²) in [4.78, 5) is 28.2. The molecule has 7 nitrogen and oxygen atoms in total. The van der Waals surface area contributed by atoms with Crippen LogP contribution in [0.15, 0.2) is 41.2 Å². The summed E-state index contributed by atoms with van der Waals surface area (Å²) in [5.41, 5.74) is 2.45. The number of hydrogen-bond donors (Lipinski definition) is 2. The highest BCUT2D eigenvalue weighted by Gasteiger charge is 2.20. The zero-order valence-electron chi connectivity index (χ0n) is 16.7. The second-order valence-electron chi connectivity index (χ2n) is 7.38. The molecule has 0 radical (unpaired) electrons. The second kappa shape index (κ2) is 8.03. The largest absolute Gasteiger partial charge is 0.497 e. The minimum absolute atomic E-state index is 0.109. The van der Waals surface area contributed by atoms with E-state index in [0.717, 1.165) is 31.2 Å². The zero-order valence-corrected chi connectivity index (χ0v) is 16.7. The van der Waals surface area contributed by atoms with Gasteiger partial charge >= 0.3 is 5.69 Å². The monoisotopic (exact) mass is 395 g/mol. The van der Waals surface area contributed by atoms with Gasteiger partial charge in [-0.3, -0.25) is 9.36 Å². The third-order valence-electron chi connectivity index (χ3n) is 5.53. The third-order valence-corrected chi connectivity index (χ3v) is 5.53. The molecule has 29 heavy (non-hydrogen) atoms. The Morgan fingerprint density at radius 2 is 1.72 bits per heavy atom. The number of imidazole rings is 1. The Hall–Kier alpha value is -3.22. The van der Waals surface area contributed by atoms with Crippen molar-refractivity contribution in [2.75, 3.05) is 19.5 Å². The summed E-state index contributed by atoms with van der Waals surface area (Å²) >= 11 is 0. The van der Waals surface area contributed by atoms with Crippen molar-refractivity contribution in [3.8, 4) is 11.5 Å². The molecule has 3 aromatic rings. The number of nitrogens with zero attached hydrogens (tertiary/aromatic N) is 1. The van der Waals surface area contributed by atoms with Crippen LogP contribution in [0.25, 0.3) is 11.0 Å². The summed E-state index contributed by atoms with van der Waals surface area (Å²) < 4.78 is 12.3. The fraction of sp³-hybridized carbons (Fsp3) is 0.364. The van der Waals surface area contributed by atoms with E-state index in [4.69, 9.17) is 9.47 Å². The number of aromatic amines is 1. The topological polar surface area (TPSA) is 85.4 Å². The maximum Gasteiger partial charge on any atom is 0.326 e. The maximum atomic E-state index is 12.8. The molecule has 1 amide bonds. The minimum Gasteiger partial charge on any atom is -0.497 e. The number of anilines is 1. The van der Waals surface area contributed by atoms with Crippen LogP contribution in [0.5, 0.6) is 11.5 Å². The molecule has 0 aliphatic heterocycles. The van der Waals surface area contributed by atoms with Crippen molar-refractivity contribution < 1.29 is 14.3 Å². The molecule has 4 rings (SSSR count). The normalized spacial score (nSPS) is 14.7. The van der Waals surface area contributed by atoms with Crippen LogP contribution < -0.4 is 20.5 Å². The Labute approximate surface area is 168 Å². The van der Waals surface area contributed by atoms with E-state index in [9.17, 15) is 9.59 Å². The molecule has 0 spiro atoms. The Morgan fingerprint density at radius 1 is 1.03 bits per heavy atom. The zero-order chi connectivity index (χ0) is 20.4. The van der Waals surface area contributed by atoms with Gasteiger partial charge in [-0.15, -0.1) is 0 Å². The number of aromatic nitrogens is 2. The van der Waals surface area contributed by atoms with Gasteiger partial charge in [0, 0.05) is 35.5 Å². The molecule has 1 aromatic heterocycles. The van der Waals surface area contributed by atoms with E-state index < -0.39 is 0 Å².